The fraction of sp³-hybridized carbons (Fsp3) is 0.0526. The number of hydrogen-bond acceptors (Lipinski definition) is 6. The second kappa shape index (κ2) is 7.72. The zero-order chi connectivity index (χ0) is 35.0. The van der Waals surface area contributed by atoms with Crippen LogP contribution in [0.5, 0.6) is 69.0 Å². The summed E-state index contributed by atoms with van der Waals surface area (Å²) >= 11 is 0. The third-order valence-corrected chi connectivity index (χ3v) is 9.95. The van der Waals surface area contributed by atoms with Gasteiger partial charge in [-0.2, -0.15) is 0 Å². The Morgan fingerprint density at radius 2 is 0.696 bits per heavy atom. The predicted octanol–water partition coefficient (Wildman–Crippen LogP) is 5.64. The van der Waals surface area contributed by atoms with Crippen LogP contribution in [0.2, 0.25) is 0 Å². The van der Waals surface area contributed by atoms with Crippen LogP contribution < -0.4 is 61.2 Å². The Hall–Kier alpha value is -5.75. The van der Waals surface area contributed by atoms with E-state index in [0.717, 1.165) is 21.9 Å². The van der Waals surface area contributed by atoms with Crippen molar-refractivity contribution in [3.05, 3.63) is 96.1 Å². The lowest BCUT2D eigenvalue weighted by molar-refractivity contribution is 0.439. The van der Waals surface area contributed by atoms with Crippen molar-refractivity contribution in [2.45, 2.75) is 13.7 Å². The molecule has 0 fully saturated rings. The Balaban J connectivity index is 1.23. The van der Waals surface area contributed by atoms with Gasteiger partial charge in [0.25, 0.3) is 13.4 Å². The quantitative estimate of drug-likeness (QED) is 0.228. The monoisotopic (exact) mass is 600 g/mol. The molecule has 0 N–H and O–H groups in total. The highest BCUT2D eigenvalue weighted by Crippen LogP contribution is 2.52. The number of aryl methyl sites for hydroxylation is 2. The van der Waals surface area contributed by atoms with Crippen LogP contribution >= 0.6 is 0 Å². The lowest BCUT2D eigenvalue weighted by Gasteiger charge is -2.40. The average Bonchev–Trinajstić information content (AvgIpc) is 3.11. The molecule has 0 saturated carbocycles. The van der Waals surface area contributed by atoms with Crippen LogP contribution in [0.4, 0.5) is 0 Å². The van der Waals surface area contributed by atoms with Gasteiger partial charge in [-0.05, 0) is 85.5 Å². The van der Waals surface area contributed by atoms with Crippen molar-refractivity contribution in [2.75, 3.05) is 0 Å². The molecule has 46 heavy (non-hydrogen) atoms. The van der Waals surface area contributed by atoms with E-state index in [-0.39, 0.29) is 33.8 Å². The highest BCUT2D eigenvalue weighted by Gasteiger charge is 2.50. The van der Waals surface area contributed by atoms with E-state index in [1.54, 1.807) is 0 Å². The van der Waals surface area contributed by atoms with Gasteiger partial charge in [0.2, 0.25) is 0 Å². The molecule has 0 atom stereocenters. The summed E-state index contributed by atoms with van der Waals surface area (Å²) in [7, 11) is 0. The van der Waals surface area contributed by atoms with E-state index in [9.17, 15) is 0 Å². The zero-order valence-electron chi connectivity index (χ0n) is 29.7. The largest absolute Gasteiger partial charge is 0.458 e. The fourth-order valence-corrected chi connectivity index (χ4v) is 8.23. The van der Waals surface area contributed by atoms with Gasteiger partial charge < -0.3 is 28.4 Å². The standard InChI is InChI=1S/C38H20B2O6/c1-17-15-27-35-37(45-25-13-5-9-21-33(25)39(35)31-19(41-21)7-3-11-23(31)43-27)29(17)30-18(2)16-28-36-38(30)46-26-14-6-10-22-34(26)40(36)32-20(42-22)8-4-12-24(32)44-28/h3-16H,1-2H3/i1D3,2D3. The molecule has 6 aliphatic rings. The van der Waals surface area contributed by atoms with Crippen molar-refractivity contribution < 1.29 is 36.6 Å². The van der Waals surface area contributed by atoms with Gasteiger partial charge in [0, 0.05) is 52.1 Å². The fourth-order valence-electron chi connectivity index (χ4n) is 8.23. The molecule has 6 aliphatic heterocycles. The Morgan fingerprint density at radius 1 is 0.391 bits per heavy atom. The average molecular weight is 600 g/mol. The van der Waals surface area contributed by atoms with Crippen LogP contribution in [-0.4, -0.2) is 13.4 Å². The molecule has 6 heterocycles. The van der Waals surface area contributed by atoms with Gasteiger partial charge in [0.1, 0.15) is 69.0 Å². The molecule has 0 saturated heterocycles. The van der Waals surface area contributed by atoms with E-state index in [2.05, 4.69) is 0 Å². The number of rotatable bonds is 1. The first-order valence-corrected chi connectivity index (χ1v) is 15.1. The minimum atomic E-state index is -2.74. The van der Waals surface area contributed by atoms with Crippen molar-refractivity contribution in [1.29, 1.82) is 0 Å². The molecule has 6 aromatic carbocycles. The van der Waals surface area contributed by atoms with Crippen molar-refractivity contribution in [3.63, 3.8) is 0 Å². The van der Waals surface area contributed by atoms with E-state index >= 15 is 0 Å². The minimum absolute atomic E-state index is 0.0977. The summed E-state index contributed by atoms with van der Waals surface area (Å²) in [5.74, 6) is 5.47. The van der Waals surface area contributed by atoms with Crippen molar-refractivity contribution in [1.82, 2.24) is 0 Å². The third kappa shape index (κ3) is 2.62. The maximum absolute atomic E-state index is 8.88. The Kier molecular flexibility index (Phi) is 3.17. The van der Waals surface area contributed by atoms with Gasteiger partial charge in [-0.15, -0.1) is 0 Å². The predicted molar refractivity (Wildman–Crippen MR) is 177 cm³/mol. The summed E-state index contributed by atoms with van der Waals surface area (Å²) in [5.41, 5.74) is 4.23. The first-order valence-electron chi connectivity index (χ1n) is 18.1. The van der Waals surface area contributed by atoms with Gasteiger partial charge in [-0.1, -0.05) is 24.3 Å². The second-order valence-corrected chi connectivity index (χ2v) is 12.2. The molecule has 0 amide bonds. The third-order valence-electron chi connectivity index (χ3n) is 9.95. The number of hydrogen-bond donors (Lipinski definition) is 0. The highest BCUT2D eigenvalue weighted by atomic mass is 16.5. The highest BCUT2D eigenvalue weighted by molar-refractivity contribution is 7.00. The Morgan fingerprint density at radius 3 is 1.02 bits per heavy atom. The second-order valence-electron chi connectivity index (χ2n) is 12.2. The van der Waals surface area contributed by atoms with Crippen molar-refractivity contribution in [2.24, 2.45) is 0 Å². The Bertz CT molecular complexity index is 2490. The van der Waals surface area contributed by atoms with Crippen LogP contribution in [0, 0.1) is 13.7 Å². The minimum Gasteiger partial charge on any atom is -0.458 e. The van der Waals surface area contributed by atoms with Gasteiger partial charge in [-0.25, -0.2) is 0 Å². The summed E-state index contributed by atoms with van der Waals surface area (Å²) in [4.78, 5) is 0. The molecule has 0 aliphatic carbocycles. The number of benzene rings is 6. The molecule has 0 spiro atoms. The molecule has 12 rings (SSSR count). The molecule has 0 aromatic heterocycles. The maximum atomic E-state index is 8.88. The zero-order valence-corrected chi connectivity index (χ0v) is 23.7. The van der Waals surface area contributed by atoms with Gasteiger partial charge >= 0.3 is 0 Å². The molecule has 6 aromatic rings. The summed E-state index contributed by atoms with van der Waals surface area (Å²) < 4.78 is 92.4. The Labute approximate surface area is 272 Å². The molecular weight excluding hydrogens is 574 g/mol. The summed E-state index contributed by atoms with van der Waals surface area (Å²) in [6, 6.07) is 25.1. The van der Waals surface area contributed by atoms with E-state index in [0.29, 0.717) is 68.4 Å². The molecule has 8 heteroatoms. The van der Waals surface area contributed by atoms with E-state index in [1.807, 2.05) is 72.8 Å². The normalized spacial score (nSPS) is 17.3. The molecule has 0 unspecified atom stereocenters. The van der Waals surface area contributed by atoms with Crippen LogP contribution in [0.1, 0.15) is 19.4 Å². The molecule has 0 radical (unpaired) electrons. The van der Waals surface area contributed by atoms with Gasteiger partial charge in [0.15, 0.2) is 0 Å². The van der Waals surface area contributed by atoms with Crippen molar-refractivity contribution >= 4 is 46.2 Å². The van der Waals surface area contributed by atoms with Crippen LogP contribution in [0.25, 0.3) is 11.1 Å². The maximum Gasteiger partial charge on any atom is 0.270 e. The van der Waals surface area contributed by atoms with Gasteiger partial charge in [0.05, 0.1) is 0 Å². The van der Waals surface area contributed by atoms with Crippen LogP contribution in [0.15, 0.2) is 84.9 Å². The molecule has 214 valence electrons. The lowest BCUT2D eigenvalue weighted by atomic mass is 9.33. The lowest BCUT2D eigenvalue weighted by Crippen LogP contribution is -2.60. The van der Waals surface area contributed by atoms with Crippen molar-refractivity contribution in [3.8, 4) is 80.1 Å². The van der Waals surface area contributed by atoms with E-state index in [1.165, 1.54) is 12.1 Å². The van der Waals surface area contributed by atoms with E-state index < -0.39 is 27.1 Å². The SMILES string of the molecule is [2H]C([2H])([2H])c1cc2c3c(c1-c1c(C([2H])([2H])[2H])cc4c5c1Oc1cccc6c1B5c1c(cccc1O4)O6)Oc1cccc4c1B3c1c(cccc1O2)O4. The molecule has 6 nitrogen and oxygen atoms in total. The van der Waals surface area contributed by atoms with Crippen LogP contribution in [0.3, 0.4) is 0 Å². The van der Waals surface area contributed by atoms with E-state index in [4.69, 9.17) is 36.6 Å². The smallest absolute Gasteiger partial charge is 0.270 e. The summed E-state index contributed by atoms with van der Waals surface area (Å²) in [5, 5.41) is 0. The first-order chi connectivity index (χ1) is 25.0. The molecular formula is C38H20B2O6. The van der Waals surface area contributed by atoms with Crippen LogP contribution in [-0.2, 0) is 0 Å². The first kappa shape index (κ1) is 18.9. The topological polar surface area (TPSA) is 55.4 Å². The molecule has 0 bridgehead atoms. The summed E-state index contributed by atoms with van der Waals surface area (Å²) in [6.07, 6.45) is 0. The number of ether oxygens (including phenoxy) is 6. The van der Waals surface area contributed by atoms with Gasteiger partial charge in [-0.3, -0.25) is 0 Å². The summed E-state index contributed by atoms with van der Waals surface area (Å²) in [6.45, 7) is -6.36.